The monoisotopic (exact) mass is 291 g/mol. The van der Waals surface area contributed by atoms with E-state index in [2.05, 4.69) is 9.97 Å². The van der Waals surface area contributed by atoms with Gasteiger partial charge in [-0.1, -0.05) is 0 Å². The minimum Gasteiger partial charge on any atom is -0.442 e. The molecular weight excluding hydrogens is 274 g/mol. The summed E-state index contributed by atoms with van der Waals surface area (Å²) in [4.78, 5) is 32.7. The highest BCUT2D eigenvalue weighted by Gasteiger charge is 2.28. The van der Waals surface area contributed by atoms with E-state index in [1.165, 1.54) is 6.33 Å². The van der Waals surface area contributed by atoms with Crippen LogP contribution in [0.2, 0.25) is 0 Å². The Kier molecular flexibility index (Phi) is 3.50. The second kappa shape index (κ2) is 5.33. The van der Waals surface area contributed by atoms with Crippen LogP contribution in [-0.2, 0) is 0 Å². The van der Waals surface area contributed by atoms with Crippen molar-refractivity contribution >= 4 is 17.0 Å². The molecular formula is C14H17N3O4. The van der Waals surface area contributed by atoms with Gasteiger partial charge >= 0.3 is 0 Å². The van der Waals surface area contributed by atoms with Crippen LogP contribution in [-0.4, -0.2) is 45.6 Å². The number of nitrogens with zero attached hydrogens (tertiary/aromatic N) is 2. The molecule has 0 aliphatic carbocycles. The van der Waals surface area contributed by atoms with E-state index in [0.717, 1.165) is 12.8 Å². The zero-order valence-electron chi connectivity index (χ0n) is 11.8. The molecule has 0 unspecified atom stereocenters. The van der Waals surface area contributed by atoms with Crippen molar-refractivity contribution in [2.75, 3.05) is 19.7 Å². The number of likely N-dealkylation sites (tertiary alicyclic amines) is 1. The van der Waals surface area contributed by atoms with Crippen LogP contribution in [0.25, 0.3) is 11.1 Å². The number of nitrogens with one attached hydrogen (secondary N) is 1. The fraction of sp³-hybridized carbons (Fsp3) is 0.500. The van der Waals surface area contributed by atoms with Gasteiger partial charge in [0, 0.05) is 19.7 Å². The van der Waals surface area contributed by atoms with Gasteiger partial charge in [-0.05, 0) is 25.7 Å². The Hall–Kier alpha value is -2.15. The SMILES string of the molecule is Cc1oc2nc[nH]c(=O)c2c1C(=O)N1CCC(CO)CC1. The van der Waals surface area contributed by atoms with Crippen molar-refractivity contribution in [1.29, 1.82) is 0 Å². The van der Waals surface area contributed by atoms with Crippen molar-refractivity contribution in [3.63, 3.8) is 0 Å². The summed E-state index contributed by atoms with van der Waals surface area (Å²) in [5, 5.41) is 9.36. The molecule has 21 heavy (non-hydrogen) atoms. The Morgan fingerprint density at radius 2 is 2.24 bits per heavy atom. The van der Waals surface area contributed by atoms with Gasteiger partial charge in [0.2, 0.25) is 5.71 Å². The maximum Gasteiger partial charge on any atom is 0.262 e. The lowest BCUT2D eigenvalue weighted by atomic mass is 9.97. The predicted molar refractivity (Wildman–Crippen MR) is 75.1 cm³/mol. The lowest BCUT2D eigenvalue weighted by Gasteiger charge is -2.31. The molecule has 7 nitrogen and oxygen atoms in total. The van der Waals surface area contributed by atoms with E-state index >= 15 is 0 Å². The minimum atomic E-state index is -0.370. The summed E-state index contributed by atoms with van der Waals surface area (Å²) in [6.45, 7) is 2.97. The first kappa shape index (κ1) is 13.8. The Morgan fingerprint density at radius 3 is 2.90 bits per heavy atom. The summed E-state index contributed by atoms with van der Waals surface area (Å²) in [5.41, 5.74) is 0.108. The van der Waals surface area contributed by atoms with Gasteiger partial charge < -0.3 is 19.4 Å². The molecule has 2 N–H and O–H groups in total. The van der Waals surface area contributed by atoms with Crippen LogP contribution in [0, 0.1) is 12.8 Å². The largest absolute Gasteiger partial charge is 0.442 e. The number of hydrogen-bond donors (Lipinski definition) is 2. The second-order valence-electron chi connectivity index (χ2n) is 5.36. The molecule has 0 spiro atoms. The van der Waals surface area contributed by atoms with Crippen LogP contribution in [0.15, 0.2) is 15.5 Å². The lowest BCUT2D eigenvalue weighted by Crippen LogP contribution is -2.39. The molecule has 2 aromatic heterocycles. The van der Waals surface area contributed by atoms with Crippen LogP contribution in [0.5, 0.6) is 0 Å². The summed E-state index contributed by atoms with van der Waals surface area (Å²) in [6, 6.07) is 0. The number of aromatic amines is 1. The molecule has 0 saturated carbocycles. The van der Waals surface area contributed by atoms with Crippen LogP contribution in [0.4, 0.5) is 0 Å². The van der Waals surface area contributed by atoms with Crippen molar-refractivity contribution < 1.29 is 14.3 Å². The molecule has 1 aliphatic rings. The van der Waals surface area contributed by atoms with Crippen LogP contribution >= 0.6 is 0 Å². The third-order valence-electron chi connectivity index (χ3n) is 4.04. The van der Waals surface area contributed by atoms with Gasteiger partial charge in [-0.3, -0.25) is 9.59 Å². The predicted octanol–water partition coefficient (Wildman–Crippen LogP) is 0.669. The molecule has 2 aromatic rings. The Bertz CT molecular complexity index is 725. The normalized spacial score (nSPS) is 16.6. The van der Waals surface area contributed by atoms with Gasteiger partial charge in [0.15, 0.2) is 0 Å². The third-order valence-corrected chi connectivity index (χ3v) is 4.04. The number of aromatic nitrogens is 2. The topological polar surface area (TPSA) is 99.4 Å². The first-order valence-electron chi connectivity index (χ1n) is 6.98. The molecule has 3 heterocycles. The maximum absolute atomic E-state index is 12.7. The standard InChI is InChI=1S/C14H17N3O4/c1-8-10(11-12(19)15-7-16-13(11)21-8)14(20)17-4-2-9(6-18)3-5-17/h7,9,18H,2-6H2,1H3,(H,15,16,19). The van der Waals surface area contributed by atoms with E-state index in [1.807, 2.05) is 0 Å². The van der Waals surface area contributed by atoms with E-state index in [9.17, 15) is 9.59 Å². The van der Waals surface area contributed by atoms with E-state index in [1.54, 1.807) is 11.8 Å². The van der Waals surface area contributed by atoms with Gasteiger partial charge in [-0.15, -0.1) is 0 Å². The number of aryl methyl sites for hydroxylation is 1. The number of rotatable bonds is 2. The molecule has 0 bridgehead atoms. The Labute approximate surface area is 120 Å². The number of hydrogen-bond acceptors (Lipinski definition) is 5. The van der Waals surface area contributed by atoms with Gasteiger partial charge in [-0.2, -0.15) is 0 Å². The van der Waals surface area contributed by atoms with Crippen molar-refractivity contribution in [2.45, 2.75) is 19.8 Å². The highest BCUT2D eigenvalue weighted by atomic mass is 16.3. The number of furan rings is 1. The van der Waals surface area contributed by atoms with Crippen LogP contribution < -0.4 is 5.56 Å². The van der Waals surface area contributed by atoms with Crippen LogP contribution in [0.1, 0.15) is 29.0 Å². The fourth-order valence-corrected chi connectivity index (χ4v) is 2.79. The average Bonchev–Trinajstić information content (AvgIpc) is 2.84. The van der Waals surface area contributed by atoms with Crippen molar-refractivity contribution in [3.05, 3.63) is 28.0 Å². The maximum atomic E-state index is 12.7. The lowest BCUT2D eigenvalue weighted by molar-refractivity contribution is 0.0650. The van der Waals surface area contributed by atoms with Gasteiger partial charge in [0.05, 0.1) is 11.9 Å². The summed E-state index contributed by atoms with van der Waals surface area (Å²) in [5.74, 6) is 0.450. The number of aliphatic hydroxyl groups is 1. The van der Waals surface area contributed by atoms with E-state index in [-0.39, 0.29) is 35.1 Å². The number of H-pyrrole nitrogens is 1. The van der Waals surface area contributed by atoms with E-state index in [4.69, 9.17) is 9.52 Å². The van der Waals surface area contributed by atoms with Crippen molar-refractivity contribution in [3.8, 4) is 0 Å². The number of amides is 1. The van der Waals surface area contributed by atoms with E-state index in [0.29, 0.717) is 24.4 Å². The smallest absolute Gasteiger partial charge is 0.262 e. The number of carbonyl (C=O) groups excluding carboxylic acids is 1. The molecule has 1 amide bonds. The average molecular weight is 291 g/mol. The first-order valence-corrected chi connectivity index (χ1v) is 6.98. The van der Waals surface area contributed by atoms with Gasteiger partial charge in [0.1, 0.15) is 11.1 Å². The molecule has 0 atom stereocenters. The number of fused-ring (bicyclic) bond motifs is 1. The van der Waals surface area contributed by atoms with Crippen molar-refractivity contribution in [2.24, 2.45) is 5.92 Å². The third kappa shape index (κ3) is 2.33. The molecule has 1 saturated heterocycles. The molecule has 0 aromatic carbocycles. The zero-order chi connectivity index (χ0) is 15.0. The van der Waals surface area contributed by atoms with E-state index < -0.39 is 0 Å². The first-order chi connectivity index (χ1) is 10.1. The number of aliphatic hydroxyl groups excluding tert-OH is 1. The molecule has 1 aliphatic heterocycles. The summed E-state index contributed by atoms with van der Waals surface area (Å²) >= 11 is 0. The molecule has 0 radical (unpaired) electrons. The number of carbonyl (C=O) groups is 1. The quantitative estimate of drug-likeness (QED) is 0.847. The fourth-order valence-electron chi connectivity index (χ4n) is 2.79. The molecule has 3 rings (SSSR count). The highest BCUT2D eigenvalue weighted by Crippen LogP contribution is 2.24. The summed E-state index contributed by atoms with van der Waals surface area (Å²) in [7, 11) is 0. The van der Waals surface area contributed by atoms with Crippen molar-refractivity contribution in [1.82, 2.24) is 14.9 Å². The molecule has 1 fully saturated rings. The zero-order valence-corrected chi connectivity index (χ0v) is 11.8. The second-order valence-corrected chi connectivity index (χ2v) is 5.36. The summed E-state index contributed by atoms with van der Waals surface area (Å²) in [6.07, 6.45) is 2.80. The Morgan fingerprint density at radius 1 is 1.52 bits per heavy atom. The summed E-state index contributed by atoms with van der Waals surface area (Å²) < 4.78 is 5.42. The van der Waals surface area contributed by atoms with Gasteiger partial charge in [-0.25, -0.2) is 4.98 Å². The Balaban J connectivity index is 1.95. The van der Waals surface area contributed by atoms with Crippen LogP contribution in [0.3, 0.4) is 0 Å². The molecule has 112 valence electrons. The number of piperidine rings is 1. The minimum absolute atomic E-state index is 0.152. The molecule has 7 heteroatoms. The highest BCUT2D eigenvalue weighted by molar-refractivity contribution is 6.06. The van der Waals surface area contributed by atoms with Gasteiger partial charge in [0.25, 0.3) is 11.5 Å².